The molecule has 0 spiro atoms. The highest BCUT2D eigenvalue weighted by Gasteiger charge is 2.16. The topological polar surface area (TPSA) is 35.6 Å². The zero-order chi connectivity index (χ0) is 14.8. The molecule has 0 fully saturated rings. The molecule has 1 unspecified atom stereocenters. The first kappa shape index (κ1) is 14.8. The Morgan fingerprint density at radius 1 is 1.38 bits per heavy atom. The Morgan fingerprint density at radius 2 is 2.24 bits per heavy atom. The summed E-state index contributed by atoms with van der Waals surface area (Å²) in [5.41, 5.74) is 2.21. The van der Waals surface area contributed by atoms with Gasteiger partial charge in [-0.2, -0.15) is 0 Å². The van der Waals surface area contributed by atoms with E-state index in [9.17, 15) is 0 Å². The third kappa shape index (κ3) is 3.08. The lowest BCUT2D eigenvalue weighted by molar-refractivity contribution is 0.461. The highest BCUT2D eigenvalue weighted by atomic mass is 127. The fourth-order valence-electron chi connectivity index (χ4n) is 2.66. The number of halogens is 2. The third-order valence-electron chi connectivity index (χ3n) is 3.52. The Morgan fingerprint density at radius 3 is 2.95 bits per heavy atom. The van der Waals surface area contributed by atoms with Gasteiger partial charge in [0.2, 0.25) is 0 Å². The molecule has 3 aromatic rings. The molecule has 0 amide bonds. The van der Waals surface area contributed by atoms with Crippen molar-refractivity contribution < 1.29 is 0 Å². The number of nitrogens with zero attached hydrogens (tertiary/aromatic N) is 4. The van der Waals surface area contributed by atoms with Crippen molar-refractivity contribution >= 4 is 45.2 Å². The Balaban J connectivity index is 2.03. The molecule has 1 aromatic carbocycles. The van der Waals surface area contributed by atoms with E-state index in [0.717, 1.165) is 24.3 Å². The largest absolute Gasteiger partial charge is 0.335 e. The third-order valence-corrected chi connectivity index (χ3v) is 4.38. The second-order valence-corrected chi connectivity index (χ2v) is 6.70. The maximum Gasteiger partial charge on any atom is 0.111 e. The standard InChI is InChI=1S/C15H16ClIN4/c1-11(9-20-7-6-18-10-20)21-14-3-2-12(17)8-13(14)19-15(21)4-5-16/h2-3,6-8,10-11H,4-5,9H2,1H3. The van der Waals surface area contributed by atoms with Crippen LogP contribution in [0.2, 0.25) is 0 Å². The molecule has 0 saturated carbocycles. The minimum atomic E-state index is 0.294. The van der Waals surface area contributed by atoms with Gasteiger partial charge in [0.15, 0.2) is 0 Å². The lowest BCUT2D eigenvalue weighted by Gasteiger charge is -2.18. The lowest BCUT2D eigenvalue weighted by Crippen LogP contribution is -2.15. The molecule has 0 aliphatic carbocycles. The van der Waals surface area contributed by atoms with Gasteiger partial charge in [-0.25, -0.2) is 9.97 Å². The van der Waals surface area contributed by atoms with Gasteiger partial charge >= 0.3 is 0 Å². The first-order chi connectivity index (χ1) is 10.2. The summed E-state index contributed by atoms with van der Waals surface area (Å²) in [6.07, 6.45) is 6.42. The van der Waals surface area contributed by atoms with Crippen LogP contribution in [0.15, 0.2) is 36.9 Å². The first-order valence-electron chi connectivity index (χ1n) is 6.87. The van der Waals surface area contributed by atoms with Crippen molar-refractivity contribution in [2.24, 2.45) is 0 Å². The molecule has 110 valence electrons. The number of hydrogen-bond acceptors (Lipinski definition) is 2. The van der Waals surface area contributed by atoms with E-state index in [0.29, 0.717) is 11.9 Å². The number of rotatable bonds is 5. The van der Waals surface area contributed by atoms with E-state index < -0.39 is 0 Å². The van der Waals surface area contributed by atoms with Crippen molar-refractivity contribution in [3.05, 3.63) is 46.3 Å². The molecule has 2 heterocycles. The first-order valence-corrected chi connectivity index (χ1v) is 8.48. The van der Waals surface area contributed by atoms with Gasteiger partial charge in [-0.15, -0.1) is 11.6 Å². The molecule has 0 saturated heterocycles. The van der Waals surface area contributed by atoms with Crippen molar-refractivity contribution in [3.8, 4) is 0 Å². The number of fused-ring (bicyclic) bond motifs is 1. The molecule has 1 atom stereocenters. The maximum absolute atomic E-state index is 5.94. The molecular formula is C15H16ClIN4. The summed E-state index contributed by atoms with van der Waals surface area (Å²) in [4.78, 5) is 8.87. The van der Waals surface area contributed by atoms with E-state index in [2.05, 4.69) is 61.8 Å². The lowest BCUT2D eigenvalue weighted by atomic mass is 10.2. The zero-order valence-electron chi connectivity index (χ0n) is 11.7. The summed E-state index contributed by atoms with van der Waals surface area (Å²) < 4.78 is 5.59. The fraction of sp³-hybridized carbons (Fsp3) is 0.333. The number of aromatic nitrogens is 4. The van der Waals surface area contributed by atoms with Crippen molar-refractivity contribution in [3.63, 3.8) is 0 Å². The average molecular weight is 415 g/mol. The quantitative estimate of drug-likeness (QED) is 0.469. The summed E-state index contributed by atoms with van der Waals surface area (Å²) >= 11 is 8.26. The monoisotopic (exact) mass is 414 g/mol. The summed E-state index contributed by atoms with van der Waals surface area (Å²) in [6.45, 7) is 3.07. The second kappa shape index (κ2) is 6.36. The van der Waals surface area contributed by atoms with Crippen LogP contribution in [-0.2, 0) is 13.0 Å². The van der Waals surface area contributed by atoms with E-state index >= 15 is 0 Å². The Hall–Kier alpha value is -1.08. The Bertz CT molecular complexity index is 736. The van der Waals surface area contributed by atoms with E-state index in [1.54, 1.807) is 6.20 Å². The number of benzene rings is 1. The maximum atomic E-state index is 5.94. The van der Waals surface area contributed by atoms with Crippen LogP contribution < -0.4 is 0 Å². The second-order valence-electron chi connectivity index (χ2n) is 5.08. The Kier molecular flexibility index (Phi) is 4.49. The van der Waals surface area contributed by atoms with Crippen LogP contribution in [0.25, 0.3) is 11.0 Å². The molecule has 0 aliphatic rings. The summed E-state index contributed by atoms with van der Waals surface area (Å²) in [6, 6.07) is 6.68. The molecule has 21 heavy (non-hydrogen) atoms. The minimum Gasteiger partial charge on any atom is -0.335 e. The fourth-order valence-corrected chi connectivity index (χ4v) is 3.30. The SMILES string of the molecule is CC(Cn1ccnc1)n1c(CCCl)nc2cc(I)ccc21. The molecular weight excluding hydrogens is 399 g/mol. The predicted octanol–water partition coefficient (Wildman–Crippen LogP) is 3.88. The highest BCUT2D eigenvalue weighted by molar-refractivity contribution is 14.1. The van der Waals surface area contributed by atoms with Crippen molar-refractivity contribution in [1.29, 1.82) is 0 Å². The molecule has 3 rings (SSSR count). The van der Waals surface area contributed by atoms with Crippen LogP contribution in [0.3, 0.4) is 0 Å². The van der Waals surface area contributed by atoms with E-state index in [4.69, 9.17) is 16.6 Å². The normalized spacial score (nSPS) is 12.9. The summed E-state index contributed by atoms with van der Waals surface area (Å²) in [5.74, 6) is 1.63. The van der Waals surface area contributed by atoms with Crippen molar-refractivity contribution in [1.82, 2.24) is 19.1 Å². The number of imidazole rings is 2. The number of aryl methyl sites for hydroxylation is 1. The van der Waals surface area contributed by atoms with Crippen LogP contribution in [0.5, 0.6) is 0 Å². The molecule has 6 heteroatoms. The van der Waals surface area contributed by atoms with Gasteiger partial charge in [0.1, 0.15) is 5.82 Å². The van der Waals surface area contributed by atoms with Crippen LogP contribution in [0.1, 0.15) is 18.8 Å². The number of alkyl halides is 1. The summed E-state index contributed by atoms with van der Waals surface area (Å²) in [5, 5.41) is 0. The zero-order valence-corrected chi connectivity index (χ0v) is 14.6. The van der Waals surface area contributed by atoms with Crippen LogP contribution in [0.4, 0.5) is 0 Å². The molecule has 0 aliphatic heterocycles. The van der Waals surface area contributed by atoms with Gasteiger partial charge in [0.25, 0.3) is 0 Å². The van der Waals surface area contributed by atoms with E-state index in [1.807, 2.05) is 12.5 Å². The van der Waals surface area contributed by atoms with Gasteiger partial charge < -0.3 is 9.13 Å². The van der Waals surface area contributed by atoms with Gasteiger partial charge in [-0.3, -0.25) is 0 Å². The number of hydrogen-bond donors (Lipinski definition) is 0. The Labute approximate surface area is 142 Å². The van der Waals surface area contributed by atoms with Crippen LogP contribution >= 0.6 is 34.2 Å². The summed E-state index contributed by atoms with van der Waals surface area (Å²) in [7, 11) is 0. The van der Waals surface area contributed by atoms with E-state index in [1.165, 1.54) is 9.09 Å². The molecule has 4 nitrogen and oxygen atoms in total. The molecule has 0 radical (unpaired) electrons. The van der Waals surface area contributed by atoms with Crippen LogP contribution in [0, 0.1) is 3.57 Å². The van der Waals surface area contributed by atoms with Crippen molar-refractivity contribution in [2.75, 3.05) is 5.88 Å². The molecule has 0 N–H and O–H groups in total. The van der Waals surface area contributed by atoms with Crippen LogP contribution in [-0.4, -0.2) is 25.0 Å². The molecule has 2 aromatic heterocycles. The smallest absolute Gasteiger partial charge is 0.111 e. The van der Waals surface area contributed by atoms with Gasteiger partial charge in [0, 0.05) is 34.8 Å². The highest BCUT2D eigenvalue weighted by Crippen LogP contribution is 2.24. The molecule has 0 bridgehead atoms. The average Bonchev–Trinajstić information content (AvgIpc) is 3.05. The predicted molar refractivity (Wildman–Crippen MR) is 93.8 cm³/mol. The minimum absolute atomic E-state index is 0.294. The van der Waals surface area contributed by atoms with E-state index in [-0.39, 0.29) is 0 Å². The van der Waals surface area contributed by atoms with Crippen molar-refractivity contribution in [2.45, 2.75) is 25.9 Å². The van der Waals surface area contributed by atoms with Gasteiger partial charge in [0.05, 0.1) is 23.4 Å². The van der Waals surface area contributed by atoms with Gasteiger partial charge in [-0.1, -0.05) is 0 Å². The van der Waals surface area contributed by atoms with Gasteiger partial charge in [-0.05, 0) is 47.7 Å².